The zero-order valence-electron chi connectivity index (χ0n) is 24.0. The molecule has 0 bridgehead atoms. The number of benzene rings is 2. The number of carbonyl (C=O) groups excluding carboxylic acids is 3. The second-order valence-corrected chi connectivity index (χ2v) is 11.1. The summed E-state index contributed by atoms with van der Waals surface area (Å²) < 4.78 is 5.37. The Bertz CT molecular complexity index is 1200. The van der Waals surface area contributed by atoms with E-state index in [2.05, 4.69) is 21.3 Å². The molecule has 1 aliphatic heterocycles. The highest BCUT2D eigenvalue weighted by molar-refractivity contribution is 5.92. The van der Waals surface area contributed by atoms with E-state index in [1.165, 1.54) is 0 Å². The van der Waals surface area contributed by atoms with Gasteiger partial charge in [0.25, 0.3) is 0 Å². The van der Waals surface area contributed by atoms with Crippen LogP contribution in [0.2, 0.25) is 0 Å². The van der Waals surface area contributed by atoms with Crippen LogP contribution in [-0.2, 0) is 36.8 Å². The zero-order chi connectivity index (χ0) is 30.7. The molecular formula is C30H41N5O7. The van der Waals surface area contributed by atoms with Crippen LogP contribution in [0.3, 0.4) is 0 Å². The van der Waals surface area contributed by atoms with Gasteiger partial charge in [0.2, 0.25) is 17.7 Å². The van der Waals surface area contributed by atoms with Gasteiger partial charge in [-0.25, -0.2) is 4.79 Å². The fourth-order valence-corrected chi connectivity index (χ4v) is 4.62. The first-order valence-corrected chi connectivity index (χ1v) is 14.0. The first-order chi connectivity index (χ1) is 20.0. The molecule has 3 amide bonds. The fraction of sp³-hybridized carbons (Fsp3) is 0.467. The van der Waals surface area contributed by atoms with E-state index < -0.39 is 41.3 Å². The summed E-state index contributed by atoms with van der Waals surface area (Å²) in [5, 5.41) is 29.9. The summed E-state index contributed by atoms with van der Waals surface area (Å²) in [6.45, 7) is 3.87. The van der Waals surface area contributed by atoms with Crippen molar-refractivity contribution in [3.63, 3.8) is 0 Å². The normalized spacial score (nSPS) is 16.0. The summed E-state index contributed by atoms with van der Waals surface area (Å²) in [6.07, 6.45) is 0.885. The number of carbonyl (C=O) groups is 4. The maximum atomic E-state index is 13.1. The summed E-state index contributed by atoms with van der Waals surface area (Å²) >= 11 is 0. The van der Waals surface area contributed by atoms with Crippen molar-refractivity contribution in [3.05, 3.63) is 65.7 Å². The van der Waals surface area contributed by atoms with E-state index >= 15 is 0 Å². The van der Waals surface area contributed by atoms with Gasteiger partial charge >= 0.3 is 5.97 Å². The highest BCUT2D eigenvalue weighted by atomic mass is 16.5. The maximum Gasteiger partial charge on any atom is 0.326 e. The van der Waals surface area contributed by atoms with Crippen molar-refractivity contribution in [1.82, 2.24) is 21.3 Å². The quantitative estimate of drug-likeness (QED) is 0.143. The van der Waals surface area contributed by atoms with E-state index in [0.29, 0.717) is 19.6 Å². The number of aromatic hydroxyl groups is 1. The Kier molecular flexibility index (Phi) is 11.8. The molecule has 0 aromatic heterocycles. The minimum absolute atomic E-state index is 0.0328. The van der Waals surface area contributed by atoms with Gasteiger partial charge in [-0.2, -0.15) is 0 Å². The molecule has 12 nitrogen and oxygen atoms in total. The van der Waals surface area contributed by atoms with Gasteiger partial charge in [0, 0.05) is 12.5 Å². The average Bonchev–Trinajstić information content (AvgIpc) is 2.92. The van der Waals surface area contributed by atoms with Crippen LogP contribution in [0, 0.1) is 5.92 Å². The third-order valence-electron chi connectivity index (χ3n) is 7.12. The van der Waals surface area contributed by atoms with E-state index in [9.17, 15) is 29.4 Å². The molecule has 12 heteroatoms. The molecule has 0 aliphatic carbocycles. The summed E-state index contributed by atoms with van der Waals surface area (Å²) in [5.41, 5.74) is 7.53. The SMILES string of the molecule is CC(C)C[C@H](NC(=O)[C@H](Cc1ccccc1)NC(=O)CNC(=O)CNC1([C@@H](N)Cc2ccc(O)cc2)COC1)C(=O)O. The number of rotatable bonds is 16. The average molecular weight is 584 g/mol. The molecule has 1 fully saturated rings. The number of phenols is 1. The first kappa shape index (κ1) is 32.5. The van der Waals surface area contributed by atoms with Gasteiger partial charge in [0.15, 0.2) is 0 Å². The lowest BCUT2D eigenvalue weighted by molar-refractivity contribution is -0.142. The predicted octanol–water partition coefficient (Wildman–Crippen LogP) is 0.0798. The Balaban J connectivity index is 1.53. The maximum absolute atomic E-state index is 13.1. The van der Waals surface area contributed by atoms with Crippen molar-refractivity contribution in [1.29, 1.82) is 0 Å². The molecule has 2 aromatic carbocycles. The van der Waals surface area contributed by atoms with Crippen LogP contribution in [-0.4, -0.2) is 83.9 Å². The zero-order valence-corrected chi connectivity index (χ0v) is 24.0. The van der Waals surface area contributed by atoms with E-state index in [4.69, 9.17) is 10.5 Å². The Morgan fingerprint density at radius 2 is 1.52 bits per heavy atom. The third kappa shape index (κ3) is 9.82. The van der Waals surface area contributed by atoms with E-state index in [1.807, 2.05) is 19.9 Å². The van der Waals surface area contributed by atoms with Crippen LogP contribution in [0.15, 0.2) is 54.6 Å². The molecule has 8 N–H and O–H groups in total. The van der Waals surface area contributed by atoms with Crippen molar-refractivity contribution in [2.24, 2.45) is 11.7 Å². The minimum atomic E-state index is -1.15. The lowest BCUT2D eigenvalue weighted by Crippen LogP contribution is -2.71. The monoisotopic (exact) mass is 583 g/mol. The molecule has 2 aromatic rings. The van der Waals surface area contributed by atoms with Crippen molar-refractivity contribution < 1.29 is 34.1 Å². The van der Waals surface area contributed by atoms with Crippen molar-refractivity contribution in [2.45, 2.75) is 56.8 Å². The van der Waals surface area contributed by atoms with Crippen LogP contribution in [0.1, 0.15) is 31.4 Å². The number of aliphatic carboxylic acids is 1. The summed E-state index contributed by atoms with van der Waals surface area (Å²) in [6, 6.07) is 13.3. The van der Waals surface area contributed by atoms with Crippen LogP contribution in [0.5, 0.6) is 5.75 Å². The number of hydrogen-bond donors (Lipinski definition) is 7. The largest absolute Gasteiger partial charge is 0.508 e. The van der Waals surface area contributed by atoms with E-state index in [1.54, 1.807) is 48.5 Å². The molecule has 228 valence electrons. The summed E-state index contributed by atoms with van der Waals surface area (Å²) in [7, 11) is 0. The Morgan fingerprint density at radius 3 is 2.10 bits per heavy atom. The molecule has 0 radical (unpaired) electrons. The molecular weight excluding hydrogens is 542 g/mol. The van der Waals surface area contributed by atoms with E-state index in [0.717, 1.165) is 11.1 Å². The van der Waals surface area contributed by atoms with Gasteiger partial charge in [-0.05, 0) is 42.0 Å². The molecule has 1 saturated heterocycles. The topological polar surface area (TPSA) is 192 Å². The highest BCUT2D eigenvalue weighted by Crippen LogP contribution is 2.23. The number of ether oxygens (including phenoxy) is 1. The number of phenolic OH excluding ortho intramolecular Hbond substituents is 1. The summed E-state index contributed by atoms with van der Waals surface area (Å²) in [5.74, 6) is -2.62. The second-order valence-electron chi connectivity index (χ2n) is 11.1. The van der Waals surface area contributed by atoms with Crippen molar-refractivity contribution in [3.8, 4) is 5.75 Å². The molecule has 3 rings (SSSR count). The Labute approximate surface area is 245 Å². The third-order valence-corrected chi connectivity index (χ3v) is 7.12. The Hall–Kier alpha value is -4.00. The van der Waals surface area contributed by atoms with Crippen LogP contribution in [0.4, 0.5) is 0 Å². The predicted molar refractivity (Wildman–Crippen MR) is 155 cm³/mol. The standard InChI is InChI=1S/C30H41N5O7/c1-19(2)12-24(29(40)41)35-28(39)23(13-20-6-4-3-5-7-20)34-27(38)15-32-26(37)16-33-30(17-42-18-30)25(31)14-21-8-10-22(36)11-9-21/h3-11,19,23-25,33,36H,12-18,31H2,1-2H3,(H,32,37)(H,34,38)(H,35,39)(H,40,41)/t23-,24-,25-/m0/s1. The van der Waals surface area contributed by atoms with Crippen LogP contribution < -0.4 is 27.0 Å². The van der Waals surface area contributed by atoms with Gasteiger partial charge in [0.1, 0.15) is 17.8 Å². The van der Waals surface area contributed by atoms with Gasteiger partial charge in [-0.3, -0.25) is 19.7 Å². The van der Waals surface area contributed by atoms with Crippen LogP contribution >= 0.6 is 0 Å². The number of hydrogen-bond acceptors (Lipinski definition) is 8. The van der Waals surface area contributed by atoms with Crippen molar-refractivity contribution >= 4 is 23.7 Å². The summed E-state index contributed by atoms with van der Waals surface area (Å²) in [4.78, 5) is 50.1. The van der Waals surface area contributed by atoms with Gasteiger partial charge in [-0.1, -0.05) is 56.3 Å². The van der Waals surface area contributed by atoms with Gasteiger partial charge in [0.05, 0.1) is 31.8 Å². The number of carboxylic acid groups (broad SMARTS) is 1. The van der Waals surface area contributed by atoms with E-state index in [-0.39, 0.29) is 43.6 Å². The Morgan fingerprint density at radius 1 is 0.881 bits per heavy atom. The molecule has 3 atom stereocenters. The number of nitrogens with one attached hydrogen (secondary N) is 4. The first-order valence-electron chi connectivity index (χ1n) is 14.0. The molecule has 0 unspecified atom stereocenters. The lowest BCUT2D eigenvalue weighted by Gasteiger charge is -2.46. The van der Waals surface area contributed by atoms with Gasteiger partial charge < -0.3 is 36.6 Å². The smallest absolute Gasteiger partial charge is 0.326 e. The van der Waals surface area contributed by atoms with Gasteiger partial charge in [-0.15, -0.1) is 0 Å². The number of nitrogens with two attached hydrogens (primary N) is 1. The number of carboxylic acids is 1. The molecule has 0 spiro atoms. The van der Waals surface area contributed by atoms with Crippen LogP contribution in [0.25, 0.3) is 0 Å². The molecule has 42 heavy (non-hydrogen) atoms. The highest BCUT2D eigenvalue weighted by Gasteiger charge is 2.44. The van der Waals surface area contributed by atoms with Crippen molar-refractivity contribution in [2.75, 3.05) is 26.3 Å². The second kappa shape index (κ2) is 15.3. The number of amides is 3. The minimum Gasteiger partial charge on any atom is -0.508 e. The fourth-order valence-electron chi connectivity index (χ4n) is 4.62. The molecule has 1 aliphatic rings. The molecule has 0 saturated carbocycles. The molecule has 1 heterocycles. The lowest BCUT2D eigenvalue weighted by atomic mass is 9.84.